The molecule has 0 amide bonds. The maximum Gasteiger partial charge on any atom is 0.115 e. The molecule has 0 saturated carbocycles. The quantitative estimate of drug-likeness (QED) is 0.822. The highest BCUT2D eigenvalue weighted by atomic mass is 16.3. The average molecular weight is 245 g/mol. The maximum absolute atomic E-state index is 9.82. The predicted molar refractivity (Wildman–Crippen MR) is 74.0 cm³/mol. The van der Waals surface area contributed by atoms with Crippen LogP contribution >= 0.6 is 0 Å². The molecule has 2 heteroatoms. The molecule has 1 saturated heterocycles. The molecule has 2 bridgehead atoms. The number of aromatic hydroxyl groups is 1. The molecule has 1 aliphatic heterocycles. The smallest absolute Gasteiger partial charge is 0.115 e. The Kier molecular flexibility index (Phi) is 2.67. The van der Waals surface area contributed by atoms with Crippen LogP contribution in [-0.2, 0) is 11.8 Å². The summed E-state index contributed by atoms with van der Waals surface area (Å²) in [4.78, 5) is 2.52. The normalized spacial score (nSPS) is 35.3. The fraction of sp³-hybridized carbons (Fsp3) is 0.625. The molecule has 1 aliphatic carbocycles. The Morgan fingerprint density at radius 1 is 1.44 bits per heavy atom. The molecule has 1 fully saturated rings. The van der Waals surface area contributed by atoms with Gasteiger partial charge < -0.3 is 10.0 Å². The van der Waals surface area contributed by atoms with Gasteiger partial charge in [0.15, 0.2) is 0 Å². The summed E-state index contributed by atoms with van der Waals surface area (Å²) in [6.07, 6.45) is 3.53. The summed E-state index contributed by atoms with van der Waals surface area (Å²) < 4.78 is 0. The summed E-state index contributed by atoms with van der Waals surface area (Å²) in [6.45, 7) is 5.88. The van der Waals surface area contributed by atoms with E-state index in [9.17, 15) is 5.11 Å². The third kappa shape index (κ3) is 1.45. The highest BCUT2D eigenvalue weighted by Crippen LogP contribution is 2.50. The largest absolute Gasteiger partial charge is 0.508 e. The molecular weight excluding hydrogens is 222 g/mol. The van der Waals surface area contributed by atoms with Gasteiger partial charge in [-0.3, -0.25) is 0 Å². The molecule has 1 N–H and O–H groups in total. The SMILES string of the molecule is CC[C@@]12CCN(C)[C@H](Cc3ccc(O)cc31)C2C. The highest BCUT2D eigenvalue weighted by Gasteiger charge is 2.49. The second kappa shape index (κ2) is 3.99. The maximum atomic E-state index is 9.82. The van der Waals surface area contributed by atoms with Gasteiger partial charge in [-0.15, -0.1) is 0 Å². The topological polar surface area (TPSA) is 23.5 Å². The number of rotatable bonds is 1. The second-order valence-electron chi connectivity index (χ2n) is 6.14. The van der Waals surface area contributed by atoms with E-state index in [0.717, 1.165) is 6.42 Å². The summed E-state index contributed by atoms with van der Waals surface area (Å²) >= 11 is 0. The lowest BCUT2D eigenvalue weighted by Crippen LogP contribution is -2.57. The molecule has 2 aliphatic rings. The van der Waals surface area contributed by atoms with Gasteiger partial charge in [0.25, 0.3) is 0 Å². The molecule has 1 aromatic carbocycles. The van der Waals surface area contributed by atoms with Crippen LogP contribution in [0.3, 0.4) is 0 Å². The Labute approximate surface area is 110 Å². The van der Waals surface area contributed by atoms with E-state index in [1.807, 2.05) is 12.1 Å². The first-order valence-electron chi connectivity index (χ1n) is 7.11. The number of likely N-dealkylation sites (tertiary alicyclic amines) is 1. The van der Waals surface area contributed by atoms with Gasteiger partial charge in [0.1, 0.15) is 5.75 Å². The van der Waals surface area contributed by atoms with Crippen LogP contribution in [0.2, 0.25) is 0 Å². The number of likely N-dealkylation sites (N-methyl/N-ethyl adjacent to an activating group) is 1. The number of benzene rings is 1. The van der Waals surface area contributed by atoms with Crippen molar-refractivity contribution in [2.24, 2.45) is 5.92 Å². The summed E-state index contributed by atoms with van der Waals surface area (Å²) in [6, 6.07) is 6.66. The average Bonchev–Trinajstić information content (AvgIpc) is 2.36. The minimum Gasteiger partial charge on any atom is -0.508 e. The minimum absolute atomic E-state index is 0.281. The number of piperidine rings is 1. The van der Waals surface area contributed by atoms with E-state index in [1.54, 1.807) is 0 Å². The van der Waals surface area contributed by atoms with Crippen molar-refractivity contribution in [2.45, 2.75) is 44.6 Å². The predicted octanol–water partition coefficient (Wildman–Crippen LogP) is 2.94. The van der Waals surface area contributed by atoms with Gasteiger partial charge in [-0.1, -0.05) is 19.9 Å². The van der Waals surface area contributed by atoms with E-state index in [4.69, 9.17) is 0 Å². The van der Waals surface area contributed by atoms with Gasteiger partial charge in [-0.25, -0.2) is 0 Å². The van der Waals surface area contributed by atoms with Crippen LogP contribution in [0.15, 0.2) is 18.2 Å². The molecular formula is C16H23NO. The molecule has 3 rings (SSSR count). The van der Waals surface area contributed by atoms with Gasteiger partial charge in [0, 0.05) is 11.5 Å². The molecule has 1 heterocycles. The van der Waals surface area contributed by atoms with Crippen molar-refractivity contribution in [2.75, 3.05) is 13.6 Å². The second-order valence-corrected chi connectivity index (χ2v) is 6.14. The molecule has 1 aromatic rings. The summed E-state index contributed by atoms with van der Waals surface area (Å²) in [5.74, 6) is 1.10. The monoisotopic (exact) mass is 245 g/mol. The number of phenolic OH excluding ortho intramolecular Hbond substituents is 1. The zero-order valence-electron chi connectivity index (χ0n) is 11.6. The van der Waals surface area contributed by atoms with Gasteiger partial charge in [0.2, 0.25) is 0 Å². The van der Waals surface area contributed by atoms with Crippen LogP contribution in [0.4, 0.5) is 0 Å². The molecule has 0 radical (unpaired) electrons. The Morgan fingerprint density at radius 2 is 2.22 bits per heavy atom. The fourth-order valence-corrected chi connectivity index (χ4v) is 4.35. The fourth-order valence-electron chi connectivity index (χ4n) is 4.35. The number of phenols is 1. The minimum atomic E-state index is 0.281. The van der Waals surface area contributed by atoms with Crippen molar-refractivity contribution >= 4 is 0 Å². The lowest BCUT2D eigenvalue weighted by molar-refractivity contribution is 0.0385. The van der Waals surface area contributed by atoms with Crippen LogP contribution < -0.4 is 0 Å². The van der Waals surface area contributed by atoms with E-state index in [1.165, 1.54) is 30.5 Å². The van der Waals surface area contributed by atoms with E-state index in [2.05, 4.69) is 31.9 Å². The van der Waals surface area contributed by atoms with Crippen molar-refractivity contribution in [1.29, 1.82) is 0 Å². The van der Waals surface area contributed by atoms with Crippen LogP contribution in [0.1, 0.15) is 37.8 Å². The van der Waals surface area contributed by atoms with Crippen molar-refractivity contribution in [1.82, 2.24) is 4.90 Å². The zero-order chi connectivity index (χ0) is 12.9. The lowest BCUT2D eigenvalue weighted by Gasteiger charge is -2.55. The Bertz CT molecular complexity index is 470. The summed E-state index contributed by atoms with van der Waals surface area (Å²) in [7, 11) is 2.26. The highest BCUT2D eigenvalue weighted by molar-refractivity contribution is 5.44. The zero-order valence-corrected chi connectivity index (χ0v) is 11.6. The molecule has 2 nitrogen and oxygen atoms in total. The Balaban J connectivity index is 2.18. The first-order valence-corrected chi connectivity index (χ1v) is 7.11. The third-order valence-corrected chi connectivity index (χ3v) is 5.62. The molecule has 18 heavy (non-hydrogen) atoms. The molecule has 0 aromatic heterocycles. The lowest BCUT2D eigenvalue weighted by atomic mass is 9.57. The standard InChI is InChI=1S/C16H23NO/c1-4-16-7-8-17(3)15(11(16)2)9-12-5-6-13(18)10-14(12)16/h5-6,10-11,15,18H,4,7-9H2,1-3H3/t11?,15-,16+/m1/s1. The van der Waals surface area contributed by atoms with Crippen molar-refractivity contribution in [3.05, 3.63) is 29.3 Å². The van der Waals surface area contributed by atoms with Crippen LogP contribution in [0, 0.1) is 5.92 Å². The molecule has 1 unspecified atom stereocenters. The molecule has 98 valence electrons. The molecule has 0 spiro atoms. The van der Waals surface area contributed by atoms with Gasteiger partial charge in [0.05, 0.1) is 0 Å². The van der Waals surface area contributed by atoms with E-state index in [-0.39, 0.29) is 5.41 Å². The first-order chi connectivity index (χ1) is 8.58. The van der Waals surface area contributed by atoms with E-state index >= 15 is 0 Å². The van der Waals surface area contributed by atoms with Crippen LogP contribution in [0.5, 0.6) is 5.75 Å². The van der Waals surface area contributed by atoms with Gasteiger partial charge in [-0.2, -0.15) is 0 Å². The van der Waals surface area contributed by atoms with E-state index < -0.39 is 0 Å². The number of fused-ring (bicyclic) bond motifs is 4. The number of nitrogens with zero attached hydrogens (tertiary/aromatic N) is 1. The third-order valence-electron chi connectivity index (χ3n) is 5.62. The van der Waals surface area contributed by atoms with Crippen LogP contribution in [0.25, 0.3) is 0 Å². The molecule has 3 atom stereocenters. The summed E-state index contributed by atoms with van der Waals surface area (Å²) in [5, 5.41) is 9.82. The number of hydrogen-bond acceptors (Lipinski definition) is 2. The van der Waals surface area contributed by atoms with Crippen molar-refractivity contribution in [3.63, 3.8) is 0 Å². The summed E-state index contributed by atoms with van der Waals surface area (Å²) in [5.41, 5.74) is 3.15. The Hall–Kier alpha value is -1.02. The van der Waals surface area contributed by atoms with Crippen molar-refractivity contribution < 1.29 is 5.11 Å². The number of hydrogen-bond donors (Lipinski definition) is 1. The van der Waals surface area contributed by atoms with Crippen LogP contribution in [-0.4, -0.2) is 29.6 Å². The van der Waals surface area contributed by atoms with Crippen molar-refractivity contribution in [3.8, 4) is 5.75 Å². The van der Waals surface area contributed by atoms with E-state index in [0.29, 0.717) is 17.7 Å². The first kappa shape index (κ1) is 12.0. The van der Waals surface area contributed by atoms with Gasteiger partial charge in [-0.05, 0) is 62.0 Å². The van der Waals surface area contributed by atoms with Gasteiger partial charge >= 0.3 is 0 Å². The Morgan fingerprint density at radius 3 is 2.94 bits per heavy atom.